The molecule has 0 aliphatic heterocycles. The van der Waals surface area contributed by atoms with Gasteiger partial charge in [0.1, 0.15) is 0 Å². The van der Waals surface area contributed by atoms with Crippen LogP contribution in [0.15, 0.2) is 36.7 Å². The third kappa shape index (κ3) is 3.27. The normalized spacial score (nSPS) is 11.2. The minimum Gasteiger partial charge on any atom is -0.316 e. The van der Waals surface area contributed by atoms with Crippen molar-refractivity contribution in [3.05, 3.63) is 42.2 Å². The quantitative estimate of drug-likeness (QED) is 0.796. The van der Waals surface area contributed by atoms with Crippen LogP contribution in [0.4, 0.5) is 0 Å². The number of benzene rings is 1. The van der Waals surface area contributed by atoms with Gasteiger partial charge >= 0.3 is 0 Å². The van der Waals surface area contributed by atoms with Gasteiger partial charge in [-0.3, -0.25) is 4.98 Å². The van der Waals surface area contributed by atoms with Crippen LogP contribution < -0.4 is 5.32 Å². The summed E-state index contributed by atoms with van der Waals surface area (Å²) >= 11 is 0. The molecule has 0 saturated carbocycles. The standard InChI is InChI=1S/C15H20N2/c1-12(2)10-16-8-6-13-4-3-5-14-7-9-17-11-15(13)14/h3-5,7,9,11-12,16H,6,8,10H2,1-2H3. The lowest BCUT2D eigenvalue weighted by molar-refractivity contribution is 0.555. The monoisotopic (exact) mass is 228 g/mol. The Hall–Kier alpha value is -1.41. The van der Waals surface area contributed by atoms with Crippen molar-refractivity contribution in [1.29, 1.82) is 0 Å². The van der Waals surface area contributed by atoms with Crippen LogP contribution in [-0.2, 0) is 6.42 Å². The Labute approximate surface area is 103 Å². The molecule has 2 nitrogen and oxygen atoms in total. The molecule has 0 unspecified atom stereocenters. The van der Waals surface area contributed by atoms with Crippen LogP contribution in [0.25, 0.3) is 10.8 Å². The number of rotatable bonds is 5. The Morgan fingerprint density at radius 3 is 2.94 bits per heavy atom. The van der Waals surface area contributed by atoms with E-state index in [1.807, 2.05) is 12.4 Å². The fraction of sp³-hybridized carbons (Fsp3) is 0.400. The Morgan fingerprint density at radius 2 is 2.12 bits per heavy atom. The van der Waals surface area contributed by atoms with Crippen LogP contribution in [-0.4, -0.2) is 18.1 Å². The topological polar surface area (TPSA) is 24.9 Å². The molecule has 0 aliphatic carbocycles. The molecule has 2 rings (SSSR count). The summed E-state index contributed by atoms with van der Waals surface area (Å²) < 4.78 is 0. The molecular weight excluding hydrogens is 208 g/mol. The number of hydrogen-bond donors (Lipinski definition) is 1. The summed E-state index contributed by atoms with van der Waals surface area (Å²) in [5.41, 5.74) is 1.38. The molecule has 1 N–H and O–H groups in total. The molecule has 0 saturated heterocycles. The lowest BCUT2D eigenvalue weighted by Crippen LogP contribution is -2.22. The molecule has 17 heavy (non-hydrogen) atoms. The smallest absolute Gasteiger partial charge is 0.0349 e. The zero-order valence-corrected chi connectivity index (χ0v) is 10.6. The van der Waals surface area contributed by atoms with E-state index >= 15 is 0 Å². The van der Waals surface area contributed by atoms with Crippen LogP contribution in [0.3, 0.4) is 0 Å². The van der Waals surface area contributed by atoms with Gasteiger partial charge in [-0.05, 0) is 42.4 Å². The van der Waals surface area contributed by atoms with Crippen molar-refractivity contribution >= 4 is 10.8 Å². The van der Waals surface area contributed by atoms with Crippen molar-refractivity contribution in [2.24, 2.45) is 5.92 Å². The van der Waals surface area contributed by atoms with Gasteiger partial charge in [-0.2, -0.15) is 0 Å². The molecule has 2 heteroatoms. The van der Waals surface area contributed by atoms with Crippen LogP contribution >= 0.6 is 0 Å². The van der Waals surface area contributed by atoms with E-state index in [0.717, 1.165) is 19.5 Å². The molecule has 0 aliphatic rings. The van der Waals surface area contributed by atoms with Crippen molar-refractivity contribution in [2.45, 2.75) is 20.3 Å². The molecule has 2 aromatic rings. The third-order valence-corrected chi connectivity index (χ3v) is 2.90. The number of nitrogens with zero attached hydrogens (tertiary/aromatic N) is 1. The molecule has 0 atom stereocenters. The Bertz CT molecular complexity index is 472. The summed E-state index contributed by atoms with van der Waals surface area (Å²) in [5, 5.41) is 6.04. The first kappa shape index (κ1) is 12.1. The van der Waals surface area contributed by atoms with Crippen LogP contribution in [0.1, 0.15) is 19.4 Å². The van der Waals surface area contributed by atoms with Gasteiger partial charge in [0, 0.05) is 17.8 Å². The van der Waals surface area contributed by atoms with E-state index in [2.05, 4.69) is 48.4 Å². The van der Waals surface area contributed by atoms with Crippen molar-refractivity contribution in [3.63, 3.8) is 0 Å². The van der Waals surface area contributed by atoms with E-state index in [1.54, 1.807) is 0 Å². The average molecular weight is 228 g/mol. The lowest BCUT2D eigenvalue weighted by Gasteiger charge is -2.09. The average Bonchev–Trinajstić information content (AvgIpc) is 2.34. The first-order chi connectivity index (χ1) is 8.27. The summed E-state index contributed by atoms with van der Waals surface area (Å²) in [6.45, 7) is 6.58. The minimum absolute atomic E-state index is 0.712. The molecule has 0 fully saturated rings. The van der Waals surface area contributed by atoms with Crippen LogP contribution in [0.2, 0.25) is 0 Å². The van der Waals surface area contributed by atoms with Crippen LogP contribution in [0.5, 0.6) is 0 Å². The second kappa shape index (κ2) is 5.78. The fourth-order valence-electron chi connectivity index (χ4n) is 2.01. The van der Waals surface area contributed by atoms with E-state index in [0.29, 0.717) is 5.92 Å². The second-order valence-electron chi connectivity index (χ2n) is 4.86. The highest BCUT2D eigenvalue weighted by molar-refractivity contribution is 5.84. The van der Waals surface area contributed by atoms with E-state index in [-0.39, 0.29) is 0 Å². The first-order valence-corrected chi connectivity index (χ1v) is 6.29. The van der Waals surface area contributed by atoms with Gasteiger partial charge in [0.15, 0.2) is 0 Å². The number of nitrogens with one attached hydrogen (secondary N) is 1. The Balaban J connectivity index is 2.03. The zero-order valence-electron chi connectivity index (χ0n) is 10.6. The molecule has 0 radical (unpaired) electrons. The van der Waals surface area contributed by atoms with Crippen molar-refractivity contribution in [3.8, 4) is 0 Å². The van der Waals surface area contributed by atoms with Crippen molar-refractivity contribution in [2.75, 3.05) is 13.1 Å². The summed E-state index contributed by atoms with van der Waals surface area (Å²) in [6.07, 6.45) is 4.88. The molecule has 1 aromatic heterocycles. The van der Waals surface area contributed by atoms with Gasteiger partial charge in [0.25, 0.3) is 0 Å². The summed E-state index contributed by atoms with van der Waals surface area (Å²) in [7, 11) is 0. The molecule has 0 amide bonds. The summed E-state index contributed by atoms with van der Waals surface area (Å²) in [6, 6.07) is 8.53. The SMILES string of the molecule is CC(C)CNCCc1cccc2ccncc12. The fourth-order valence-corrected chi connectivity index (χ4v) is 2.01. The predicted octanol–water partition coefficient (Wildman–Crippen LogP) is 3.02. The molecular formula is C15H20N2. The molecule has 0 bridgehead atoms. The molecule has 90 valence electrons. The maximum atomic E-state index is 4.21. The summed E-state index contributed by atoms with van der Waals surface area (Å²) in [4.78, 5) is 4.21. The highest BCUT2D eigenvalue weighted by atomic mass is 14.8. The highest BCUT2D eigenvalue weighted by Gasteiger charge is 2.00. The van der Waals surface area contributed by atoms with Crippen molar-refractivity contribution in [1.82, 2.24) is 10.3 Å². The Morgan fingerprint density at radius 1 is 1.24 bits per heavy atom. The summed E-state index contributed by atoms with van der Waals surface area (Å²) in [5.74, 6) is 0.712. The van der Waals surface area contributed by atoms with Crippen molar-refractivity contribution < 1.29 is 0 Å². The third-order valence-electron chi connectivity index (χ3n) is 2.90. The maximum absolute atomic E-state index is 4.21. The minimum atomic E-state index is 0.712. The molecule has 0 spiro atoms. The van der Waals surface area contributed by atoms with Gasteiger partial charge < -0.3 is 5.32 Å². The highest BCUT2D eigenvalue weighted by Crippen LogP contribution is 2.17. The van der Waals surface area contributed by atoms with E-state index in [1.165, 1.54) is 16.3 Å². The second-order valence-corrected chi connectivity index (χ2v) is 4.86. The van der Waals surface area contributed by atoms with Gasteiger partial charge in [0.05, 0.1) is 0 Å². The van der Waals surface area contributed by atoms with E-state index in [4.69, 9.17) is 0 Å². The van der Waals surface area contributed by atoms with Gasteiger partial charge in [0.2, 0.25) is 0 Å². The Kier molecular flexibility index (Phi) is 4.10. The number of fused-ring (bicyclic) bond motifs is 1. The first-order valence-electron chi connectivity index (χ1n) is 6.29. The number of aromatic nitrogens is 1. The molecule has 1 aromatic carbocycles. The van der Waals surface area contributed by atoms with Crippen LogP contribution in [0, 0.1) is 5.92 Å². The number of pyridine rings is 1. The largest absolute Gasteiger partial charge is 0.316 e. The van der Waals surface area contributed by atoms with Gasteiger partial charge in [-0.1, -0.05) is 32.0 Å². The van der Waals surface area contributed by atoms with E-state index in [9.17, 15) is 0 Å². The maximum Gasteiger partial charge on any atom is 0.0349 e. The number of hydrogen-bond acceptors (Lipinski definition) is 2. The molecule has 1 heterocycles. The van der Waals surface area contributed by atoms with Gasteiger partial charge in [-0.15, -0.1) is 0 Å². The van der Waals surface area contributed by atoms with E-state index < -0.39 is 0 Å². The zero-order chi connectivity index (χ0) is 12.1. The predicted molar refractivity (Wildman–Crippen MR) is 73.2 cm³/mol. The lowest BCUT2D eigenvalue weighted by atomic mass is 10.0. The van der Waals surface area contributed by atoms with Gasteiger partial charge in [-0.25, -0.2) is 0 Å².